The molecule has 0 aliphatic heterocycles. The molecule has 0 fully saturated rings. The number of amides is 1. The van der Waals surface area contributed by atoms with Crippen LogP contribution in [-0.4, -0.2) is 34.9 Å². The van der Waals surface area contributed by atoms with Gasteiger partial charge >= 0.3 is 5.97 Å². The molecule has 124 valence electrons. The third-order valence-corrected chi connectivity index (χ3v) is 3.35. The van der Waals surface area contributed by atoms with E-state index in [1.165, 1.54) is 49.8 Å². The first-order valence-electron chi connectivity index (χ1n) is 7.04. The van der Waals surface area contributed by atoms with Gasteiger partial charge in [-0.25, -0.2) is 4.79 Å². The molecule has 0 spiro atoms. The maximum Gasteiger partial charge on any atom is 0.328 e. The van der Waals surface area contributed by atoms with Gasteiger partial charge in [0.15, 0.2) is 0 Å². The summed E-state index contributed by atoms with van der Waals surface area (Å²) in [6.07, 6.45) is 2.84. The molecular weight excluding hydrogens is 314 g/mol. The van der Waals surface area contributed by atoms with Gasteiger partial charge in [0.25, 0.3) is 11.6 Å². The van der Waals surface area contributed by atoms with Crippen molar-refractivity contribution in [2.24, 2.45) is 0 Å². The molecule has 0 radical (unpaired) electrons. The van der Waals surface area contributed by atoms with Crippen LogP contribution in [0.3, 0.4) is 0 Å². The average Bonchev–Trinajstić information content (AvgIpc) is 2.61. The highest BCUT2D eigenvalue weighted by Gasteiger charge is 2.25. The molecule has 0 bridgehead atoms. The van der Waals surface area contributed by atoms with Gasteiger partial charge in [0, 0.05) is 36.0 Å². The number of aromatic nitrogens is 1. The highest BCUT2D eigenvalue weighted by atomic mass is 16.6. The molecule has 0 saturated heterocycles. The van der Waals surface area contributed by atoms with Crippen LogP contribution in [0, 0.1) is 10.1 Å². The van der Waals surface area contributed by atoms with Crippen LogP contribution in [0.1, 0.15) is 15.9 Å². The third kappa shape index (κ3) is 4.13. The van der Waals surface area contributed by atoms with E-state index in [1.54, 1.807) is 6.07 Å². The molecule has 8 nitrogen and oxygen atoms in total. The van der Waals surface area contributed by atoms with Crippen molar-refractivity contribution in [3.05, 3.63) is 70.0 Å². The Labute approximate surface area is 137 Å². The molecule has 1 atom stereocenters. The van der Waals surface area contributed by atoms with E-state index in [2.05, 4.69) is 15.0 Å². The first kappa shape index (κ1) is 17.1. The largest absolute Gasteiger partial charge is 0.467 e. The quantitative estimate of drug-likeness (QED) is 0.488. The Morgan fingerprint density at radius 1 is 1.25 bits per heavy atom. The lowest BCUT2D eigenvalue weighted by atomic mass is 10.0. The van der Waals surface area contributed by atoms with Crippen LogP contribution in [0.2, 0.25) is 0 Å². The van der Waals surface area contributed by atoms with Gasteiger partial charge in [0.05, 0.1) is 12.0 Å². The van der Waals surface area contributed by atoms with Crippen LogP contribution in [0.5, 0.6) is 0 Å². The van der Waals surface area contributed by atoms with Crippen molar-refractivity contribution in [3.8, 4) is 0 Å². The van der Waals surface area contributed by atoms with E-state index in [9.17, 15) is 19.7 Å². The van der Waals surface area contributed by atoms with Crippen molar-refractivity contribution in [3.63, 3.8) is 0 Å². The number of nitrogens with one attached hydrogen (secondary N) is 1. The highest BCUT2D eigenvalue weighted by Crippen LogP contribution is 2.19. The maximum atomic E-state index is 12.2. The van der Waals surface area contributed by atoms with E-state index in [-0.39, 0.29) is 12.1 Å². The second-order valence-electron chi connectivity index (χ2n) is 4.88. The van der Waals surface area contributed by atoms with E-state index in [0.29, 0.717) is 11.1 Å². The van der Waals surface area contributed by atoms with Crippen molar-refractivity contribution in [1.82, 2.24) is 10.3 Å². The van der Waals surface area contributed by atoms with Crippen molar-refractivity contribution in [2.45, 2.75) is 12.5 Å². The van der Waals surface area contributed by atoms with Crippen molar-refractivity contribution in [2.75, 3.05) is 7.11 Å². The minimum absolute atomic E-state index is 0.0549. The van der Waals surface area contributed by atoms with E-state index in [4.69, 9.17) is 0 Å². The number of ether oxygens (including phenoxy) is 1. The number of benzene rings is 1. The Hall–Kier alpha value is -3.29. The second-order valence-corrected chi connectivity index (χ2v) is 4.88. The number of esters is 1. The summed E-state index contributed by atoms with van der Waals surface area (Å²) in [5.74, 6) is -1.18. The predicted octanol–water partition coefficient (Wildman–Crippen LogP) is 1.50. The van der Waals surface area contributed by atoms with Crippen LogP contribution >= 0.6 is 0 Å². The van der Waals surface area contributed by atoms with Gasteiger partial charge in [-0.05, 0) is 12.1 Å². The lowest BCUT2D eigenvalue weighted by Crippen LogP contribution is -2.43. The number of hydrogen-bond acceptors (Lipinski definition) is 6. The minimum atomic E-state index is -1.04. The van der Waals surface area contributed by atoms with E-state index in [0.717, 1.165) is 0 Å². The monoisotopic (exact) mass is 329 g/mol. The van der Waals surface area contributed by atoms with Crippen LogP contribution in [0.4, 0.5) is 5.69 Å². The summed E-state index contributed by atoms with van der Waals surface area (Å²) >= 11 is 0. The summed E-state index contributed by atoms with van der Waals surface area (Å²) in [7, 11) is 1.19. The van der Waals surface area contributed by atoms with Gasteiger partial charge in [-0.3, -0.25) is 19.9 Å². The molecule has 1 heterocycles. The number of nitrogens with zero attached hydrogens (tertiary/aromatic N) is 2. The van der Waals surface area contributed by atoms with E-state index >= 15 is 0 Å². The third-order valence-electron chi connectivity index (χ3n) is 3.35. The molecule has 1 aromatic carbocycles. The summed E-state index contributed by atoms with van der Waals surface area (Å²) in [5.41, 5.74) is 0.527. The first-order chi connectivity index (χ1) is 11.5. The van der Waals surface area contributed by atoms with Crippen LogP contribution in [0.15, 0.2) is 48.8 Å². The summed E-state index contributed by atoms with van der Waals surface area (Å²) in [6.45, 7) is 0. The second kappa shape index (κ2) is 7.82. The molecule has 0 saturated carbocycles. The van der Waals surface area contributed by atoms with Gasteiger partial charge < -0.3 is 10.1 Å². The molecule has 1 amide bonds. The topological polar surface area (TPSA) is 111 Å². The summed E-state index contributed by atoms with van der Waals surface area (Å²) in [6, 6.07) is 7.98. The Morgan fingerprint density at radius 3 is 2.54 bits per heavy atom. The number of rotatable bonds is 6. The molecule has 8 heteroatoms. The zero-order chi connectivity index (χ0) is 17.5. The zero-order valence-electron chi connectivity index (χ0n) is 12.8. The van der Waals surface area contributed by atoms with Crippen molar-refractivity contribution in [1.29, 1.82) is 0 Å². The molecule has 0 aliphatic carbocycles. The number of carbonyl (C=O) groups is 2. The summed E-state index contributed by atoms with van der Waals surface area (Å²) in [4.78, 5) is 38.5. The smallest absolute Gasteiger partial charge is 0.328 e. The Morgan fingerprint density at radius 2 is 1.92 bits per heavy atom. The Balaban J connectivity index is 2.22. The molecule has 2 aromatic rings. The average molecular weight is 329 g/mol. The lowest BCUT2D eigenvalue weighted by molar-refractivity contribution is -0.385. The molecule has 1 aromatic heterocycles. The Bertz CT molecular complexity index is 748. The predicted molar refractivity (Wildman–Crippen MR) is 84.3 cm³/mol. The van der Waals surface area contributed by atoms with Crippen LogP contribution in [0.25, 0.3) is 0 Å². The number of pyridine rings is 1. The fourth-order valence-electron chi connectivity index (χ4n) is 2.16. The fraction of sp³-hybridized carbons (Fsp3) is 0.188. The fourth-order valence-corrected chi connectivity index (χ4v) is 2.16. The molecule has 0 unspecified atom stereocenters. The van der Waals surface area contributed by atoms with Crippen molar-refractivity contribution >= 4 is 17.6 Å². The van der Waals surface area contributed by atoms with Crippen LogP contribution < -0.4 is 5.32 Å². The number of methoxy groups -OCH3 is 1. The zero-order valence-corrected chi connectivity index (χ0v) is 12.8. The van der Waals surface area contributed by atoms with E-state index in [1.807, 2.05) is 0 Å². The molecular formula is C16H15N3O5. The first-order valence-corrected chi connectivity index (χ1v) is 7.04. The van der Waals surface area contributed by atoms with E-state index < -0.39 is 22.8 Å². The minimum Gasteiger partial charge on any atom is -0.467 e. The number of hydrogen-bond donors (Lipinski definition) is 1. The molecule has 2 rings (SSSR count). The number of para-hydroxylation sites is 1. The molecule has 24 heavy (non-hydrogen) atoms. The van der Waals surface area contributed by atoms with Crippen molar-refractivity contribution < 1.29 is 19.2 Å². The maximum absolute atomic E-state index is 12.2. The standard InChI is InChI=1S/C16H15N3O5/c1-24-16(21)13(18-15(20)11-6-8-17-9-7-11)10-12-4-2-3-5-14(12)19(22)23/h2-9,13H,10H2,1H3,(H,18,20)/t13-/m1/s1. The number of nitro benzene ring substituents is 1. The van der Waals surface area contributed by atoms with Gasteiger partial charge in [-0.15, -0.1) is 0 Å². The molecule has 0 aliphatic rings. The molecule has 1 N–H and O–H groups in total. The SMILES string of the molecule is COC(=O)[C@@H](Cc1ccccc1[N+](=O)[O-])NC(=O)c1ccncc1. The Kier molecular flexibility index (Phi) is 5.56. The van der Waals surface area contributed by atoms with Gasteiger partial charge in [0.1, 0.15) is 6.04 Å². The number of nitro groups is 1. The summed E-state index contributed by atoms with van der Waals surface area (Å²) < 4.78 is 4.69. The highest BCUT2D eigenvalue weighted by molar-refractivity contribution is 5.96. The normalized spacial score (nSPS) is 11.4. The van der Waals surface area contributed by atoms with Crippen LogP contribution in [-0.2, 0) is 16.0 Å². The number of carbonyl (C=O) groups excluding carboxylic acids is 2. The summed E-state index contributed by atoms with van der Waals surface area (Å²) in [5, 5.41) is 13.6. The van der Waals surface area contributed by atoms with Gasteiger partial charge in [0.2, 0.25) is 0 Å². The van der Waals surface area contributed by atoms with Gasteiger partial charge in [-0.2, -0.15) is 0 Å². The lowest BCUT2D eigenvalue weighted by Gasteiger charge is -2.16. The van der Waals surface area contributed by atoms with Gasteiger partial charge in [-0.1, -0.05) is 18.2 Å².